The highest BCUT2D eigenvalue weighted by Crippen LogP contribution is 2.27. The lowest BCUT2D eigenvalue weighted by Crippen LogP contribution is -2.16. The zero-order chi connectivity index (χ0) is 25.1. The molecule has 4 rings (SSSR count). The van der Waals surface area contributed by atoms with Crippen molar-refractivity contribution in [2.75, 3.05) is 5.32 Å². The summed E-state index contributed by atoms with van der Waals surface area (Å²) in [4.78, 5) is 33.3. The number of halogens is 2. The van der Waals surface area contributed by atoms with Crippen molar-refractivity contribution in [2.24, 2.45) is 5.73 Å². The van der Waals surface area contributed by atoms with Crippen LogP contribution in [0.4, 0.5) is 5.69 Å². The van der Waals surface area contributed by atoms with Gasteiger partial charge in [-0.3, -0.25) is 9.59 Å². The predicted molar refractivity (Wildman–Crippen MR) is 135 cm³/mol. The van der Waals surface area contributed by atoms with Crippen LogP contribution in [0.25, 0.3) is 5.69 Å². The summed E-state index contributed by atoms with van der Waals surface area (Å²) in [6.07, 6.45) is 0. The average molecular weight is 528 g/mol. The zero-order valence-corrected chi connectivity index (χ0v) is 20.9. The predicted octanol–water partition coefficient (Wildman–Crippen LogP) is 4.62. The van der Waals surface area contributed by atoms with E-state index in [4.69, 9.17) is 28.9 Å². The highest BCUT2D eigenvalue weighted by molar-refractivity contribution is 7.98. The number of nitrogens with two attached hydrogens (primary N) is 1. The lowest BCUT2D eigenvalue weighted by atomic mass is 10.2. The first-order chi connectivity index (χ1) is 16.7. The number of aryl methyl sites for hydroxylation is 2. The second-order valence-corrected chi connectivity index (χ2v) is 9.36. The number of carbonyl (C=O) groups excluding carboxylic acids is 2. The van der Waals surface area contributed by atoms with E-state index in [0.717, 1.165) is 11.4 Å². The molecule has 0 aliphatic heterocycles. The standard InChI is InChI=1S/C23H19Cl2N7O2S/c1-12-7-13(2)28-23(27-12)35-11-19-20(22(34)29-17-5-3-14(4-6-17)21(26)33)30-31-32(19)18-9-15(24)8-16(25)10-18/h3-10H,11H2,1-2H3,(H2,26,33)(H,29,34). The van der Waals surface area contributed by atoms with Crippen molar-refractivity contribution in [1.82, 2.24) is 25.0 Å². The van der Waals surface area contributed by atoms with Crippen LogP contribution in [0.1, 0.15) is 37.9 Å². The van der Waals surface area contributed by atoms with E-state index in [1.807, 2.05) is 19.9 Å². The molecule has 3 N–H and O–H groups in total. The number of benzene rings is 2. The molecule has 35 heavy (non-hydrogen) atoms. The van der Waals surface area contributed by atoms with Crippen molar-refractivity contribution >= 4 is 52.5 Å². The fourth-order valence-electron chi connectivity index (χ4n) is 3.28. The molecule has 0 aliphatic carbocycles. The quantitative estimate of drug-likeness (QED) is 0.265. The molecule has 2 heterocycles. The largest absolute Gasteiger partial charge is 0.366 e. The molecule has 2 aromatic carbocycles. The molecule has 2 aromatic heterocycles. The molecular weight excluding hydrogens is 509 g/mol. The van der Waals surface area contributed by atoms with Gasteiger partial charge in [-0.05, 0) is 62.4 Å². The third kappa shape index (κ3) is 5.97. The molecule has 9 nitrogen and oxygen atoms in total. The second-order valence-electron chi connectivity index (χ2n) is 7.54. The summed E-state index contributed by atoms with van der Waals surface area (Å²) >= 11 is 13.7. The number of rotatable bonds is 7. The summed E-state index contributed by atoms with van der Waals surface area (Å²) in [6.45, 7) is 3.78. The van der Waals surface area contributed by atoms with E-state index in [9.17, 15) is 9.59 Å². The van der Waals surface area contributed by atoms with Gasteiger partial charge in [0.1, 0.15) is 0 Å². The van der Waals surface area contributed by atoms with E-state index in [0.29, 0.717) is 43.6 Å². The molecule has 0 spiro atoms. The number of thioether (sulfide) groups is 1. The van der Waals surface area contributed by atoms with Crippen LogP contribution in [0.5, 0.6) is 0 Å². The third-order valence-corrected chi connectivity index (χ3v) is 6.09. The van der Waals surface area contributed by atoms with Crippen molar-refractivity contribution < 1.29 is 9.59 Å². The SMILES string of the molecule is Cc1cc(C)nc(SCc2c(C(=O)Nc3ccc(C(N)=O)cc3)nnn2-c2cc(Cl)cc(Cl)c2)n1. The first kappa shape index (κ1) is 24.6. The van der Waals surface area contributed by atoms with Crippen LogP contribution in [-0.4, -0.2) is 36.8 Å². The van der Waals surface area contributed by atoms with Gasteiger partial charge in [0.05, 0.1) is 11.4 Å². The Kier molecular flexibility index (Phi) is 7.34. The lowest BCUT2D eigenvalue weighted by molar-refractivity contribution is 0.0997. The topological polar surface area (TPSA) is 129 Å². The number of hydrogen-bond acceptors (Lipinski definition) is 7. The van der Waals surface area contributed by atoms with Gasteiger partial charge in [-0.2, -0.15) is 0 Å². The van der Waals surface area contributed by atoms with Gasteiger partial charge in [0.25, 0.3) is 5.91 Å². The first-order valence-corrected chi connectivity index (χ1v) is 12.0. The number of hydrogen-bond donors (Lipinski definition) is 2. The Morgan fingerprint density at radius 2 is 1.63 bits per heavy atom. The smallest absolute Gasteiger partial charge is 0.278 e. The minimum Gasteiger partial charge on any atom is -0.366 e. The number of nitrogens with one attached hydrogen (secondary N) is 1. The molecule has 0 atom stereocenters. The van der Waals surface area contributed by atoms with Crippen LogP contribution in [0.15, 0.2) is 53.7 Å². The van der Waals surface area contributed by atoms with Gasteiger partial charge >= 0.3 is 0 Å². The third-order valence-electron chi connectivity index (χ3n) is 4.80. The Bertz CT molecular complexity index is 1380. The van der Waals surface area contributed by atoms with Gasteiger partial charge in [-0.15, -0.1) is 5.10 Å². The van der Waals surface area contributed by atoms with E-state index >= 15 is 0 Å². The maximum absolute atomic E-state index is 13.1. The summed E-state index contributed by atoms with van der Waals surface area (Å²) in [6, 6.07) is 13.0. The summed E-state index contributed by atoms with van der Waals surface area (Å²) in [5.41, 5.74) is 8.92. The Hall–Kier alpha value is -3.47. The Balaban J connectivity index is 1.68. The van der Waals surface area contributed by atoms with Gasteiger partial charge in [0.2, 0.25) is 5.91 Å². The average Bonchev–Trinajstić information content (AvgIpc) is 3.21. The van der Waals surface area contributed by atoms with Crippen molar-refractivity contribution in [3.8, 4) is 5.69 Å². The van der Waals surface area contributed by atoms with E-state index in [2.05, 4.69) is 25.6 Å². The van der Waals surface area contributed by atoms with Gasteiger partial charge in [0.15, 0.2) is 10.9 Å². The number of carbonyl (C=O) groups is 2. The normalized spacial score (nSPS) is 10.9. The molecule has 0 radical (unpaired) electrons. The minimum absolute atomic E-state index is 0.108. The van der Waals surface area contributed by atoms with Crippen LogP contribution >= 0.6 is 35.0 Å². The van der Waals surface area contributed by atoms with E-state index < -0.39 is 11.8 Å². The number of primary amides is 1. The van der Waals surface area contributed by atoms with E-state index in [1.54, 1.807) is 30.3 Å². The highest BCUT2D eigenvalue weighted by Gasteiger charge is 2.22. The molecule has 4 aromatic rings. The maximum atomic E-state index is 13.1. The summed E-state index contributed by atoms with van der Waals surface area (Å²) in [5, 5.41) is 12.5. The number of nitrogens with zero attached hydrogens (tertiary/aromatic N) is 5. The van der Waals surface area contributed by atoms with Crippen molar-refractivity contribution in [1.29, 1.82) is 0 Å². The Morgan fingerprint density at radius 3 is 2.23 bits per heavy atom. The van der Waals surface area contributed by atoms with Crippen LogP contribution in [0, 0.1) is 13.8 Å². The van der Waals surface area contributed by atoms with Gasteiger partial charge in [-0.1, -0.05) is 40.2 Å². The summed E-state index contributed by atoms with van der Waals surface area (Å²) in [7, 11) is 0. The number of aromatic nitrogens is 5. The Labute approximate surface area is 215 Å². The molecular formula is C23H19Cl2N7O2S. The lowest BCUT2D eigenvalue weighted by Gasteiger charge is -2.10. The minimum atomic E-state index is -0.557. The zero-order valence-electron chi connectivity index (χ0n) is 18.6. The summed E-state index contributed by atoms with van der Waals surface area (Å²) in [5.74, 6) is -0.740. The fraction of sp³-hybridized carbons (Fsp3) is 0.130. The number of amides is 2. The first-order valence-electron chi connectivity index (χ1n) is 10.3. The molecule has 0 aliphatic rings. The summed E-state index contributed by atoms with van der Waals surface area (Å²) < 4.78 is 1.51. The Morgan fingerprint density at radius 1 is 1.00 bits per heavy atom. The molecule has 2 amide bonds. The number of anilines is 1. The van der Waals surface area contributed by atoms with Gasteiger partial charge in [-0.25, -0.2) is 14.6 Å². The monoisotopic (exact) mass is 527 g/mol. The van der Waals surface area contributed by atoms with Gasteiger partial charge < -0.3 is 11.1 Å². The fourth-order valence-corrected chi connectivity index (χ4v) is 4.73. The van der Waals surface area contributed by atoms with Crippen molar-refractivity contribution in [3.63, 3.8) is 0 Å². The second kappa shape index (κ2) is 10.4. The molecule has 12 heteroatoms. The van der Waals surface area contributed by atoms with E-state index in [-0.39, 0.29) is 5.69 Å². The van der Waals surface area contributed by atoms with Crippen LogP contribution in [0.3, 0.4) is 0 Å². The van der Waals surface area contributed by atoms with Crippen molar-refractivity contribution in [3.05, 3.63) is 86.9 Å². The van der Waals surface area contributed by atoms with Crippen LogP contribution in [0.2, 0.25) is 10.0 Å². The van der Waals surface area contributed by atoms with E-state index in [1.165, 1.54) is 28.6 Å². The molecule has 178 valence electrons. The van der Waals surface area contributed by atoms with Crippen LogP contribution in [-0.2, 0) is 5.75 Å². The molecule has 0 saturated carbocycles. The van der Waals surface area contributed by atoms with Crippen molar-refractivity contribution in [2.45, 2.75) is 24.8 Å². The van der Waals surface area contributed by atoms with Gasteiger partial charge in [0, 0.05) is 38.4 Å². The maximum Gasteiger partial charge on any atom is 0.278 e. The highest BCUT2D eigenvalue weighted by atomic mass is 35.5. The molecule has 0 saturated heterocycles. The molecule has 0 unspecified atom stereocenters. The van der Waals surface area contributed by atoms with Crippen LogP contribution < -0.4 is 11.1 Å². The molecule has 0 bridgehead atoms. The molecule has 0 fully saturated rings.